The first-order valence-electron chi connectivity index (χ1n) is 6.11. The molecule has 1 fully saturated rings. The maximum atomic E-state index is 6.01. The van der Waals surface area contributed by atoms with Crippen LogP contribution in [0, 0.1) is 11.8 Å². The lowest BCUT2D eigenvalue weighted by atomic mass is 9.80. The third kappa shape index (κ3) is 3.11. The van der Waals surface area contributed by atoms with Gasteiger partial charge >= 0.3 is 0 Å². The smallest absolute Gasteiger partial charge is 0.125 e. The molecule has 2 nitrogen and oxygen atoms in total. The number of hydrogen-bond donors (Lipinski definition) is 1. The van der Waals surface area contributed by atoms with Gasteiger partial charge in [-0.2, -0.15) is 0 Å². The molecule has 0 aliphatic heterocycles. The first-order chi connectivity index (χ1) is 7.90. The van der Waals surface area contributed by atoms with Crippen molar-refractivity contribution in [2.75, 3.05) is 17.7 Å². The fourth-order valence-corrected chi connectivity index (χ4v) is 2.87. The van der Waals surface area contributed by atoms with Crippen LogP contribution in [0.25, 0.3) is 0 Å². The van der Waals surface area contributed by atoms with Crippen LogP contribution < -0.4 is 5.32 Å². The Morgan fingerprint density at radius 2 is 2.06 bits per heavy atom. The van der Waals surface area contributed by atoms with E-state index in [0.717, 1.165) is 18.2 Å². The Bertz CT molecular complexity index is 302. The van der Waals surface area contributed by atoms with Gasteiger partial charge in [-0.1, -0.05) is 18.9 Å². The summed E-state index contributed by atoms with van der Waals surface area (Å²) >= 11 is 6.01. The topological polar surface area (TPSA) is 24.9 Å². The molecule has 1 aliphatic carbocycles. The van der Waals surface area contributed by atoms with Crippen LogP contribution in [0.5, 0.6) is 0 Å². The Labute approximate surface area is 102 Å². The molecular formula is C13H19ClN2. The van der Waals surface area contributed by atoms with Gasteiger partial charge in [-0.15, -0.1) is 11.6 Å². The van der Waals surface area contributed by atoms with Crippen molar-refractivity contribution in [1.29, 1.82) is 0 Å². The maximum Gasteiger partial charge on any atom is 0.125 e. The quantitative estimate of drug-likeness (QED) is 0.812. The number of halogens is 1. The Morgan fingerprint density at radius 1 is 1.25 bits per heavy atom. The van der Waals surface area contributed by atoms with Crippen molar-refractivity contribution in [3.8, 4) is 0 Å². The largest absolute Gasteiger partial charge is 0.370 e. The lowest BCUT2D eigenvalue weighted by Gasteiger charge is -2.30. The molecule has 88 valence electrons. The summed E-state index contributed by atoms with van der Waals surface area (Å²) in [7, 11) is 0. The summed E-state index contributed by atoms with van der Waals surface area (Å²) in [4.78, 5) is 4.27. The molecule has 0 saturated heterocycles. The maximum absolute atomic E-state index is 6.01. The van der Waals surface area contributed by atoms with Gasteiger partial charge in [0.2, 0.25) is 0 Å². The van der Waals surface area contributed by atoms with Crippen molar-refractivity contribution in [1.82, 2.24) is 4.98 Å². The summed E-state index contributed by atoms with van der Waals surface area (Å²) in [6, 6.07) is 5.96. The van der Waals surface area contributed by atoms with Crippen LogP contribution in [0.4, 0.5) is 5.82 Å². The molecule has 0 spiro atoms. The third-order valence-electron chi connectivity index (χ3n) is 3.47. The number of pyridine rings is 1. The highest BCUT2D eigenvalue weighted by atomic mass is 35.5. The molecule has 2 unspecified atom stereocenters. The number of anilines is 1. The summed E-state index contributed by atoms with van der Waals surface area (Å²) in [6.45, 7) is 1.01. The van der Waals surface area contributed by atoms with Gasteiger partial charge in [0, 0.05) is 18.6 Å². The molecule has 0 amide bonds. The minimum Gasteiger partial charge on any atom is -0.370 e. The number of nitrogens with zero attached hydrogens (tertiary/aromatic N) is 1. The van der Waals surface area contributed by atoms with Gasteiger partial charge in [0.15, 0.2) is 0 Å². The summed E-state index contributed by atoms with van der Waals surface area (Å²) in [5, 5.41) is 3.41. The van der Waals surface area contributed by atoms with Gasteiger partial charge in [-0.3, -0.25) is 0 Å². The molecular weight excluding hydrogens is 220 g/mol. The van der Waals surface area contributed by atoms with E-state index in [1.807, 2.05) is 24.4 Å². The molecule has 1 N–H and O–H groups in total. The van der Waals surface area contributed by atoms with Crippen LogP contribution in [0.3, 0.4) is 0 Å². The van der Waals surface area contributed by atoms with Crippen molar-refractivity contribution in [3.63, 3.8) is 0 Å². The van der Waals surface area contributed by atoms with Gasteiger partial charge in [0.05, 0.1) is 0 Å². The molecule has 16 heavy (non-hydrogen) atoms. The van der Waals surface area contributed by atoms with Crippen LogP contribution >= 0.6 is 11.6 Å². The van der Waals surface area contributed by atoms with Gasteiger partial charge in [0.25, 0.3) is 0 Å². The standard InChI is InChI=1S/C13H19ClN2/c14-9-11-5-1-2-6-12(11)10-16-13-7-3-4-8-15-13/h3-4,7-8,11-12H,1-2,5-6,9-10H2,(H,15,16). The van der Waals surface area contributed by atoms with E-state index >= 15 is 0 Å². The molecule has 1 aromatic rings. The minimum absolute atomic E-state index is 0.687. The van der Waals surface area contributed by atoms with Gasteiger partial charge < -0.3 is 5.32 Å². The van der Waals surface area contributed by atoms with E-state index in [0.29, 0.717) is 11.8 Å². The highest BCUT2D eigenvalue weighted by Crippen LogP contribution is 2.30. The number of rotatable bonds is 4. The van der Waals surface area contributed by atoms with Crippen molar-refractivity contribution in [2.45, 2.75) is 25.7 Å². The van der Waals surface area contributed by atoms with E-state index in [-0.39, 0.29) is 0 Å². The van der Waals surface area contributed by atoms with E-state index in [2.05, 4.69) is 10.3 Å². The molecule has 1 heterocycles. The molecule has 0 radical (unpaired) electrons. The lowest BCUT2D eigenvalue weighted by Crippen LogP contribution is -2.27. The lowest BCUT2D eigenvalue weighted by molar-refractivity contribution is 0.272. The van der Waals surface area contributed by atoms with E-state index < -0.39 is 0 Å². The van der Waals surface area contributed by atoms with Crippen LogP contribution in [-0.4, -0.2) is 17.4 Å². The second kappa shape index (κ2) is 6.09. The zero-order valence-corrected chi connectivity index (χ0v) is 10.3. The first-order valence-corrected chi connectivity index (χ1v) is 6.64. The fraction of sp³-hybridized carbons (Fsp3) is 0.615. The predicted molar refractivity (Wildman–Crippen MR) is 68.9 cm³/mol. The van der Waals surface area contributed by atoms with Crippen LogP contribution in [-0.2, 0) is 0 Å². The molecule has 2 rings (SSSR count). The normalized spacial score (nSPS) is 25.3. The first kappa shape index (κ1) is 11.7. The second-order valence-corrected chi connectivity index (χ2v) is 4.86. The molecule has 3 heteroatoms. The summed E-state index contributed by atoms with van der Waals surface area (Å²) in [6.07, 6.45) is 7.11. The average molecular weight is 239 g/mol. The van der Waals surface area contributed by atoms with Gasteiger partial charge in [0.1, 0.15) is 5.82 Å². The zero-order valence-electron chi connectivity index (χ0n) is 9.53. The monoisotopic (exact) mass is 238 g/mol. The highest BCUT2D eigenvalue weighted by molar-refractivity contribution is 6.18. The number of hydrogen-bond acceptors (Lipinski definition) is 2. The number of alkyl halides is 1. The van der Waals surface area contributed by atoms with Crippen LogP contribution in [0.1, 0.15) is 25.7 Å². The SMILES string of the molecule is ClCC1CCCCC1CNc1ccccn1. The van der Waals surface area contributed by atoms with Crippen LogP contribution in [0.15, 0.2) is 24.4 Å². The van der Waals surface area contributed by atoms with Crippen molar-refractivity contribution in [2.24, 2.45) is 11.8 Å². The Balaban J connectivity index is 1.84. The summed E-state index contributed by atoms with van der Waals surface area (Å²) in [5.41, 5.74) is 0. The van der Waals surface area contributed by atoms with Gasteiger partial charge in [-0.05, 0) is 36.8 Å². The molecule has 1 aromatic heterocycles. The fourth-order valence-electron chi connectivity index (χ4n) is 2.46. The molecule has 0 aromatic carbocycles. The van der Waals surface area contributed by atoms with E-state index in [1.54, 1.807) is 0 Å². The number of aromatic nitrogens is 1. The van der Waals surface area contributed by atoms with E-state index in [9.17, 15) is 0 Å². The van der Waals surface area contributed by atoms with Gasteiger partial charge in [-0.25, -0.2) is 4.98 Å². The van der Waals surface area contributed by atoms with Crippen molar-refractivity contribution in [3.05, 3.63) is 24.4 Å². The average Bonchev–Trinajstić information content (AvgIpc) is 2.38. The predicted octanol–water partition coefficient (Wildman–Crippen LogP) is 3.54. The molecule has 0 bridgehead atoms. The van der Waals surface area contributed by atoms with Crippen LogP contribution in [0.2, 0.25) is 0 Å². The highest BCUT2D eigenvalue weighted by Gasteiger charge is 2.23. The zero-order chi connectivity index (χ0) is 11.2. The molecule has 1 saturated carbocycles. The summed E-state index contributed by atoms with van der Waals surface area (Å²) in [5.74, 6) is 3.18. The van der Waals surface area contributed by atoms with Crippen molar-refractivity contribution >= 4 is 17.4 Å². The minimum atomic E-state index is 0.687. The Hall–Kier alpha value is -0.760. The second-order valence-electron chi connectivity index (χ2n) is 4.55. The molecule has 2 atom stereocenters. The van der Waals surface area contributed by atoms with E-state index in [1.165, 1.54) is 25.7 Å². The Kier molecular flexibility index (Phi) is 4.46. The summed E-state index contributed by atoms with van der Waals surface area (Å²) < 4.78 is 0. The number of nitrogens with one attached hydrogen (secondary N) is 1. The van der Waals surface area contributed by atoms with E-state index in [4.69, 9.17) is 11.6 Å². The van der Waals surface area contributed by atoms with Crippen molar-refractivity contribution < 1.29 is 0 Å². The third-order valence-corrected chi connectivity index (χ3v) is 3.87. The molecule has 1 aliphatic rings. The Morgan fingerprint density at radius 3 is 2.75 bits per heavy atom.